The molecule has 0 fully saturated rings. The SMILES string of the molecule is C=C/C=C\C/C(C/C=C\[N+](=C)C)=C(\C=C/C(=C)C)C(=O)OCc1ccccc1. The standard InChI is InChI=1S/C25H30NO2/c1-6-7-9-15-23(16-12-19-26(4)5)24(18-17-21(2)3)25(27)28-20-22-13-10-8-11-14-22/h6-14,17-19H,1-2,4,15-16,20H2,3,5H3/q+1/b9-7-,18-17-,19-12-,24-23-. The Balaban J connectivity index is 3.16. The molecular weight excluding hydrogens is 346 g/mol. The molecule has 0 unspecified atom stereocenters. The smallest absolute Gasteiger partial charge is 0.338 e. The summed E-state index contributed by atoms with van der Waals surface area (Å²) in [6.07, 6.45) is 14.2. The first kappa shape index (κ1) is 22.8. The van der Waals surface area contributed by atoms with Crippen molar-refractivity contribution >= 4 is 12.7 Å². The van der Waals surface area contributed by atoms with Crippen molar-refractivity contribution in [2.45, 2.75) is 26.4 Å². The molecule has 0 atom stereocenters. The van der Waals surface area contributed by atoms with Gasteiger partial charge in [-0.1, -0.05) is 73.4 Å². The lowest BCUT2D eigenvalue weighted by molar-refractivity contribution is -0.412. The van der Waals surface area contributed by atoms with Crippen LogP contribution in [0.5, 0.6) is 0 Å². The molecule has 28 heavy (non-hydrogen) atoms. The molecule has 0 radical (unpaired) electrons. The van der Waals surface area contributed by atoms with Crippen LogP contribution in [0.25, 0.3) is 0 Å². The first-order valence-corrected chi connectivity index (χ1v) is 9.18. The van der Waals surface area contributed by atoms with Crippen molar-refractivity contribution in [3.63, 3.8) is 0 Å². The molecule has 0 amide bonds. The summed E-state index contributed by atoms with van der Waals surface area (Å²) in [5.41, 5.74) is 3.31. The zero-order valence-electron chi connectivity index (χ0n) is 16.9. The lowest BCUT2D eigenvalue weighted by Gasteiger charge is -2.11. The molecule has 0 N–H and O–H groups in total. The van der Waals surface area contributed by atoms with Crippen LogP contribution >= 0.6 is 0 Å². The molecule has 1 aromatic carbocycles. The number of allylic oxidation sites excluding steroid dienone is 7. The second kappa shape index (κ2) is 13.0. The molecule has 0 bridgehead atoms. The summed E-state index contributed by atoms with van der Waals surface area (Å²) in [7, 11) is 1.85. The fraction of sp³-hybridized carbons (Fsp3) is 0.200. The number of esters is 1. The maximum Gasteiger partial charge on any atom is 0.338 e. The fourth-order valence-corrected chi connectivity index (χ4v) is 2.34. The Morgan fingerprint density at radius 3 is 2.43 bits per heavy atom. The number of ether oxygens (including phenoxy) is 1. The molecule has 0 aromatic heterocycles. The molecule has 0 heterocycles. The lowest BCUT2D eigenvalue weighted by Crippen LogP contribution is -2.09. The van der Waals surface area contributed by atoms with Crippen LogP contribution in [0, 0.1) is 0 Å². The van der Waals surface area contributed by atoms with E-state index in [1.54, 1.807) is 16.7 Å². The molecule has 0 aliphatic rings. The van der Waals surface area contributed by atoms with Crippen LogP contribution in [0.4, 0.5) is 0 Å². The average molecular weight is 377 g/mol. The monoisotopic (exact) mass is 376 g/mol. The third-order valence-electron chi connectivity index (χ3n) is 3.71. The van der Waals surface area contributed by atoms with Crippen LogP contribution in [0.2, 0.25) is 0 Å². The normalized spacial score (nSPS) is 12.4. The van der Waals surface area contributed by atoms with Crippen LogP contribution in [0.3, 0.4) is 0 Å². The van der Waals surface area contributed by atoms with Crippen molar-refractivity contribution < 1.29 is 14.1 Å². The van der Waals surface area contributed by atoms with Crippen molar-refractivity contribution in [3.8, 4) is 0 Å². The molecule has 1 rings (SSSR count). The Morgan fingerprint density at radius 2 is 1.82 bits per heavy atom. The van der Waals surface area contributed by atoms with Gasteiger partial charge in [0.2, 0.25) is 0 Å². The first-order valence-electron chi connectivity index (χ1n) is 9.18. The first-order chi connectivity index (χ1) is 13.4. The van der Waals surface area contributed by atoms with Gasteiger partial charge in [0, 0.05) is 0 Å². The quantitative estimate of drug-likeness (QED) is 0.167. The van der Waals surface area contributed by atoms with Crippen LogP contribution in [0.15, 0.2) is 103 Å². The van der Waals surface area contributed by atoms with Crippen molar-refractivity contribution in [1.82, 2.24) is 0 Å². The molecule has 0 spiro atoms. The predicted octanol–water partition coefficient (Wildman–Crippen LogP) is 5.54. The van der Waals surface area contributed by atoms with Crippen LogP contribution in [-0.4, -0.2) is 24.3 Å². The molecule has 3 heteroatoms. The predicted molar refractivity (Wildman–Crippen MR) is 118 cm³/mol. The number of benzene rings is 1. The fourth-order valence-electron chi connectivity index (χ4n) is 2.34. The molecule has 3 nitrogen and oxygen atoms in total. The van der Waals surface area contributed by atoms with Gasteiger partial charge in [-0.15, -0.1) is 0 Å². The van der Waals surface area contributed by atoms with E-state index in [0.717, 1.165) is 16.7 Å². The summed E-state index contributed by atoms with van der Waals surface area (Å²) in [4.78, 5) is 12.8. The Labute approximate surface area is 169 Å². The Kier molecular flexibility index (Phi) is 10.6. The van der Waals surface area contributed by atoms with E-state index in [0.29, 0.717) is 18.4 Å². The van der Waals surface area contributed by atoms with Gasteiger partial charge in [0.05, 0.1) is 5.57 Å². The third kappa shape index (κ3) is 9.48. The molecule has 146 valence electrons. The minimum atomic E-state index is -0.347. The molecule has 0 aliphatic carbocycles. The zero-order valence-corrected chi connectivity index (χ0v) is 16.9. The summed E-state index contributed by atoms with van der Waals surface area (Å²) in [6.45, 7) is 13.5. The van der Waals surface area contributed by atoms with Gasteiger partial charge in [0.25, 0.3) is 0 Å². The van der Waals surface area contributed by atoms with Gasteiger partial charge in [-0.05, 0) is 43.1 Å². The van der Waals surface area contributed by atoms with Crippen molar-refractivity contribution in [2.24, 2.45) is 0 Å². The van der Waals surface area contributed by atoms with Gasteiger partial charge in [-0.3, -0.25) is 0 Å². The minimum Gasteiger partial charge on any atom is -0.457 e. The van der Waals surface area contributed by atoms with E-state index in [2.05, 4.69) is 19.9 Å². The van der Waals surface area contributed by atoms with E-state index in [4.69, 9.17) is 4.74 Å². The van der Waals surface area contributed by atoms with Gasteiger partial charge >= 0.3 is 5.97 Å². The summed E-state index contributed by atoms with van der Waals surface area (Å²) < 4.78 is 7.28. The van der Waals surface area contributed by atoms with E-state index >= 15 is 0 Å². The van der Waals surface area contributed by atoms with Gasteiger partial charge in [0.15, 0.2) is 6.20 Å². The van der Waals surface area contributed by atoms with Crippen molar-refractivity contribution in [3.05, 3.63) is 108 Å². The molecular formula is C25H30NO2+. The van der Waals surface area contributed by atoms with E-state index in [1.165, 1.54) is 0 Å². The summed E-state index contributed by atoms with van der Waals surface area (Å²) in [5.74, 6) is -0.347. The van der Waals surface area contributed by atoms with Gasteiger partial charge in [0.1, 0.15) is 20.4 Å². The van der Waals surface area contributed by atoms with Crippen LogP contribution < -0.4 is 0 Å². The van der Waals surface area contributed by atoms with Crippen LogP contribution in [-0.2, 0) is 16.1 Å². The van der Waals surface area contributed by atoms with Crippen molar-refractivity contribution in [2.75, 3.05) is 7.05 Å². The highest BCUT2D eigenvalue weighted by molar-refractivity contribution is 5.92. The van der Waals surface area contributed by atoms with E-state index < -0.39 is 0 Å². The number of nitrogens with zero attached hydrogens (tertiary/aromatic N) is 1. The van der Waals surface area contributed by atoms with Crippen molar-refractivity contribution in [1.29, 1.82) is 0 Å². The van der Waals surface area contributed by atoms with Crippen LogP contribution in [0.1, 0.15) is 25.3 Å². The second-order valence-corrected chi connectivity index (χ2v) is 6.47. The lowest BCUT2D eigenvalue weighted by atomic mass is 10.00. The number of hydrogen-bond donors (Lipinski definition) is 0. The third-order valence-corrected chi connectivity index (χ3v) is 3.71. The minimum absolute atomic E-state index is 0.233. The molecule has 0 saturated heterocycles. The molecule has 0 aliphatic heterocycles. The Morgan fingerprint density at radius 1 is 1.14 bits per heavy atom. The maximum absolute atomic E-state index is 12.8. The molecule has 1 aromatic rings. The highest BCUT2D eigenvalue weighted by atomic mass is 16.5. The average Bonchev–Trinajstić information content (AvgIpc) is 2.66. The van der Waals surface area contributed by atoms with Gasteiger partial charge in [-0.25, -0.2) is 9.37 Å². The zero-order chi connectivity index (χ0) is 20.8. The number of hydrogen-bond acceptors (Lipinski definition) is 2. The molecule has 0 saturated carbocycles. The van der Waals surface area contributed by atoms with Gasteiger partial charge in [-0.2, -0.15) is 0 Å². The summed E-state index contributed by atoms with van der Waals surface area (Å²) in [6, 6.07) is 9.64. The Bertz CT molecular complexity index is 808. The van der Waals surface area contributed by atoms with E-state index in [-0.39, 0.29) is 12.6 Å². The second-order valence-electron chi connectivity index (χ2n) is 6.47. The Hall–Kier alpha value is -3.20. The maximum atomic E-state index is 12.8. The summed E-state index contributed by atoms with van der Waals surface area (Å²) in [5, 5.41) is 0. The number of rotatable bonds is 11. The number of carbonyl (C=O) groups excluding carboxylic acids is 1. The van der Waals surface area contributed by atoms with E-state index in [9.17, 15) is 4.79 Å². The largest absolute Gasteiger partial charge is 0.457 e. The van der Waals surface area contributed by atoms with Gasteiger partial charge < -0.3 is 4.74 Å². The topological polar surface area (TPSA) is 29.3 Å². The van der Waals surface area contributed by atoms with E-state index in [1.807, 2.05) is 74.8 Å². The number of carbonyl (C=O) groups is 1. The summed E-state index contributed by atoms with van der Waals surface area (Å²) >= 11 is 0. The highest BCUT2D eigenvalue weighted by Crippen LogP contribution is 2.19. The highest BCUT2D eigenvalue weighted by Gasteiger charge is 2.14.